The van der Waals surface area contributed by atoms with Gasteiger partial charge in [0.05, 0.1) is 6.54 Å². The van der Waals surface area contributed by atoms with E-state index in [1.165, 1.54) is 0 Å². The highest BCUT2D eigenvalue weighted by Crippen LogP contribution is 2.23. The summed E-state index contributed by atoms with van der Waals surface area (Å²) in [5.74, 6) is 2.30. The summed E-state index contributed by atoms with van der Waals surface area (Å²) in [6.07, 6.45) is 1.68. The Kier molecular flexibility index (Phi) is 7.84. The minimum Gasteiger partial charge on any atom is -0.355 e. The van der Waals surface area contributed by atoms with Gasteiger partial charge in [0, 0.05) is 33.7 Å². The summed E-state index contributed by atoms with van der Waals surface area (Å²) in [4.78, 5) is 20.5. The van der Waals surface area contributed by atoms with Crippen LogP contribution in [0.15, 0.2) is 57.9 Å². The summed E-state index contributed by atoms with van der Waals surface area (Å²) in [5, 5.41) is 7.95. The molecule has 32 heavy (non-hydrogen) atoms. The first-order valence-corrected chi connectivity index (χ1v) is 12.2. The number of aryl methyl sites for hydroxylation is 1. The molecule has 1 aromatic heterocycles. The van der Waals surface area contributed by atoms with Crippen molar-refractivity contribution in [3.63, 3.8) is 0 Å². The number of likely N-dealkylation sites (tertiary alicyclic amines) is 1. The molecule has 1 aliphatic heterocycles. The number of thioether (sulfide) groups is 1. The molecule has 0 spiro atoms. The van der Waals surface area contributed by atoms with Crippen LogP contribution in [-0.4, -0.2) is 46.3 Å². The first-order valence-electron chi connectivity index (χ1n) is 10.9. The molecule has 1 aliphatic rings. The van der Waals surface area contributed by atoms with E-state index in [9.17, 15) is 4.79 Å². The second kappa shape index (κ2) is 11.0. The van der Waals surface area contributed by atoms with E-state index >= 15 is 0 Å². The lowest BCUT2D eigenvalue weighted by Gasteiger charge is -2.30. The van der Waals surface area contributed by atoms with Gasteiger partial charge in [-0.1, -0.05) is 41.0 Å². The van der Waals surface area contributed by atoms with Crippen molar-refractivity contribution in [3.05, 3.63) is 65.0 Å². The number of nitrogens with zero attached hydrogens (tertiary/aromatic N) is 3. The molecule has 2 heterocycles. The van der Waals surface area contributed by atoms with Crippen molar-refractivity contribution in [2.75, 3.05) is 25.4 Å². The Hall–Kier alpha value is -2.35. The van der Waals surface area contributed by atoms with Crippen molar-refractivity contribution >= 4 is 29.3 Å². The molecule has 1 saturated heterocycles. The molecule has 0 aliphatic carbocycles. The monoisotopic (exact) mass is 470 g/mol. The number of halogens is 1. The standard InChI is InChI=1S/C24H27ClN4O2S/c1-17-4-2-3-5-21(17)23-27-22(31-28-23)16-29-13-10-18(11-14-29)24(30)26-12-15-32-20-8-6-19(25)7-9-20/h2-9,18H,10-16H2,1H3,(H,26,30). The van der Waals surface area contributed by atoms with Gasteiger partial charge in [0.1, 0.15) is 0 Å². The highest BCUT2D eigenvalue weighted by Gasteiger charge is 2.25. The SMILES string of the molecule is Cc1ccccc1-c1noc(CN2CCC(C(=O)NCCSc3ccc(Cl)cc3)CC2)n1. The molecule has 3 aromatic rings. The summed E-state index contributed by atoms with van der Waals surface area (Å²) >= 11 is 7.62. The fourth-order valence-electron chi connectivity index (χ4n) is 3.82. The number of hydrogen-bond donors (Lipinski definition) is 1. The lowest BCUT2D eigenvalue weighted by Crippen LogP contribution is -2.40. The van der Waals surface area contributed by atoms with E-state index in [1.54, 1.807) is 11.8 Å². The highest BCUT2D eigenvalue weighted by molar-refractivity contribution is 7.99. The minimum atomic E-state index is 0.0667. The van der Waals surface area contributed by atoms with Gasteiger partial charge < -0.3 is 9.84 Å². The lowest BCUT2D eigenvalue weighted by molar-refractivity contribution is -0.126. The smallest absolute Gasteiger partial charge is 0.241 e. The topological polar surface area (TPSA) is 71.3 Å². The van der Waals surface area contributed by atoms with Crippen molar-refractivity contribution in [2.45, 2.75) is 31.2 Å². The van der Waals surface area contributed by atoms with Crippen LogP contribution in [0, 0.1) is 12.8 Å². The maximum atomic E-state index is 12.5. The number of hydrogen-bond acceptors (Lipinski definition) is 6. The Morgan fingerprint density at radius 1 is 1.19 bits per heavy atom. The van der Waals surface area contributed by atoms with E-state index in [2.05, 4.69) is 20.4 Å². The zero-order valence-corrected chi connectivity index (χ0v) is 19.7. The average Bonchev–Trinajstić information content (AvgIpc) is 3.27. The number of piperidine rings is 1. The third-order valence-corrected chi connectivity index (χ3v) is 6.92. The van der Waals surface area contributed by atoms with Gasteiger partial charge >= 0.3 is 0 Å². The molecule has 0 unspecified atom stereocenters. The molecule has 8 heteroatoms. The van der Waals surface area contributed by atoms with Gasteiger partial charge in [-0.15, -0.1) is 11.8 Å². The predicted octanol–water partition coefficient (Wildman–Crippen LogP) is 4.82. The third kappa shape index (κ3) is 6.12. The molecule has 0 bridgehead atoms. The van der Waals surface area contributed by atoms with E-state index < -0.39 is 0 Å². The molecule has 1 amide bonds. The molecule has 0 saturated carbocycles. The van der Waals surface area contributed by atoms with Crippen LogP contribution in [0.4, 0.5) is 0 Å². The zero-order chi connectivity index (χ0) is 22.3. The van der Waals surface area contributed by atoms with Gasteiger partial charge in [0.15, 0.2) is 0 Å². The number of carbonyl (C=O) groups is 1. The van der Waals surface area contributed by atoms with E-state index in [0.29, 0.717) is 24.8 Å². The fraction of sp³-hybridized carbons (Fsp3) is 0.375. The van der Waals surface area contributed by atoms with Gasteiger partial charge in [-0.25, -0.2) is 0 Å². The second-order valence-corrected chi connectivity index (χ2v) is 9.58. The van der Waals surface area contributed by atoms with Crippen LogP contribution in [0.5, 0.6) is 0 Å². The Balaban J connectivity index is 1.18. The van der Waals surface area contributed by atoms with Crippen molar-refractivity contribution in [3.8, 4) is 11.4 Å². The van der Waals surface area contributed by atoms with Crippen LogP contribution in [0.3, 0.4) is 0 Å². The quantitative estimate of drug-likeness (QED) is 0.376. The van der Waals surface area contributed by atoms with Gasteiger partial charge in [0.2, 0.25) is 17.6 Å². The molecule has 1 N–H and O–H groups in total. The molecule has 4 rings (SSSR count). The summed E-state index contributed by atoms with van der Waals surface area (Å²) in [7, 11) is 0. The third-order valence-electron chi connectivity index (χ3n) is 5.65. The summed E-state index contributed by atoms with van der Waals surface area (Å²) in [6, 6.07) is 15.8. The minimum absolute atomic E-state index is 0.0667. The molecule has 2 aromatic carbocycles. The van der Waals surface area contributed by atoms with Crippen molar-refractivity contribution in [2.24, 2.45) is 5.92 Å². The van der Waals surface area contributed by atoms with Gasteiger partial charge in [0.25, 0.3) is 0 Å². The molecule has 6 nitrogen and oxygen atoms in total. The summed E-state index contributed by atoms with van der Waals surface area (Å²) < 4.78 is 5.47. The van der Waals surface area contributed by atoms with Gasteiger partial charge in [-0.3, -0.25) is 9.69 Å². The van der Waals surface area contributed by atoms with E-state index in [1.807, 2.05) is 55.5 Å². The number of aromatic nitrogens is 2. The largest absolute Gasteiger partial charge is 0.355 e. The first-order chi connectivity index (χ1) is 15.6. The first kappa shape index (κ1) is 22.8. The highest BCUT2D eigenvalue weighted by atomic mass is 35.5. The molecule has 168 valence electrons. The normalized spacial score (nSPS) is 15.1. The van der Waals surface area contributed by atoms with Crippen molar-refractivity contribution in [1.29, 1.82) is 0 Å². The van der Waals surface area contributed by atoms with Gasteiger partial charge in [-0.05, 0) is 62.7 Å². The van der Waals surface area contributed by atoms with E-state index in [0.717, 1.165) is 52.7 Å². The lowest BCUT2D eigenvalue weighted by atomic mass is 9.96. The number of benzene rings is 2. The molecular formula is C24H27ClN4O2S. The summed E-state index contributed by atoms with van der Waals surface area (Å²) in [5.41, 5.74) is 2.12. The maximum Gasteiger partial charge on any atom is 0.241 e. The Morgan fingerprint density at radius 3 is 2.69 bits per heavy atom. The Labute approximate surface area is 197 Å². The van der Waals surface area contributed by atoms with Crippen LogP contribution in [0.1, 0.15) is 24.3 Å². The van der Waals surface area contributed by atoms with Crippen molar-refractivity contribution < 1.29 is 9.32 Å². The molecular weight excluding hydrogens is 444 g/mol. The van der Waals surface area contributed by atoms with E-state index in [-0.39, 0.29) is 11.8 Å². The van der Waals surface area contributed by atoms with Crippen LogP contribution < -0.4 is 5.32 Å². The predicted molar refractivity (Wildman–Crippen MR) is 128 cm³/mol. The van der Waals surface area contributed by atoms with Crippen LogP contribution in [-0.2, 0) is 11.3 Å². The number of nitrogens with one attached hydrogen (secondary N) is 1. The average molecular weight is 471 g/mol. The zero-order valence-electron chi connectivity index (χ0n) is 18.1. The number of rotatable bonds is 8. The van der Waals surface area contributed by atoms with Crippen LogP contribution >= 0.6 is 23.4 Å². The van der Waals surface area contributed by atoms with E-state index in [4.69, 9.17) is 16.1 Å². The number of carbonyl (C=O) groups excluding carboxylic acids is 1. The molecule has 0 atom stereocenters. The number of amides is 1. The Morgan fingerprint density at radius 2 is 1.94 bits per heavy atom. The van der Waals surface area contributed by atoms with Crippen molar-refractivity contribution in [1.82, 2.24) is 20.4 Å². The summed E-state index contributed by atoms with van der Waals surface area (Å²) in [6.45, 7) is 5.01. The maximum absolute atomic E-state index is 12.5. The van der Waals surface area contributed by atoms with Gasteiger partial charge in [-0.2, -0.15) is 4.98 Å². The van der Waals surface area contributed by atoms with Crippen LogP contribution in [0.25, 0.3) is 11.4 Å². The Bertz CT molecular complexity index is 1030. The fourth-order valence-corrected chi connectivity index (χ4v) is 4.71. The molecule has 1 fully saturated rings. The second-order valence-electron chi connectivity index (χ2n) is 7.97. The molecule has 0 radical (unpaired) electrons. The van der Waals surface area contributed by atoms with Crippen LogP contribution in [0.2, 0.25) is 5.02 Å².